The lowest BCUT2D eigenvalue weighted by Gasteiger charge is -2.24. The van der Waals surface area contributed by atoms with Crippen LogP contribution in [0.3, 0.4) is 0 Å². The highest BCUT2D eigenvalue weighted by molar-refractivity contribution is 6.01. The van der Waals surface area contributed by atoms with Gasteiger partial charge in [-0.25, -0.2) is 4.98 Å². The fourth-order valence-electron chi connectivity index (χ4n) is 3.61. The lowest BCUT2D eigenvalue weighted by Crippen LogP contribution is -2.33. The lowest BCUT2D eigenvalue weighted by molar-refractivity contribution is -0.129. The molecule has 8 heteroatoms. The summed E-state index contributed by atoms with van der Waals surface area (Å²) in [7, 11) is 0. The number of amides is 2. The Kier molecular flexibility index (Phi) is 6.11. The smallest absolute Gasteiger partial charge is 0.252 e. The Morgan fingerprint density at radius 2 is 2.17 bits per heavy atom. The van der Waals surface area contributed by atoms with Crippen LogP contribution in [0.2, 0.25) is 0 Å². The van der Waals surface area contributed by atoms with E-state index in [9.17, 15) is 9.59 Å². The summed E-state index contributed by atoms with van der Waals surface area (Å²) >= 11 is 0. The molecule has 2 N–H and O–H groups in total. The summed E-state index contributed by atoms with van der Waals surface area (Å²) in [5, 5.41) is 10.2. The Balaban J connectivity index is 1.84. The molecule has 158 valence electrons. The van der Waals surface area contributed by atoms with E-state index in [1.165, 1.54) is 0 Å². The number of rotatable bonds is 7. The molecule has 0 bridgehead atoms. The minimum Gasteiger partial charge on any atom is -0.490 e. The molecule has 1 aliphatic heterocycles. The lowest BCUT2D eigenvalue weighted by atomic mass is 9.91. The zero-order chi connectivity index (χ0) is 21.9. The molecular formula is C22H26N4O4. The minimum atomic E-state index is -0.563. The maximum atomic E-state index is 12.0. The molecule has 1 atom stereocenters. The van der Waals surface area contributed by atoms with Gasteiger partial charge in [-0.2, -0.15) is 5.26 Å². The van der Waals surface area contributed by atoms with Crippen LogP contribution in [0.25, 0.3) is 10.8 Å². The number of pyridine rings is 1. The van der Waals surface area contributed by atoms with Crippen molar-refractivity contribution in [3.8, 4) is 17.7 Å². The number of carbonyl (C=O) groups is 2. The molecule has 1 unspecified atom stereocenters. The van der Waals surface area contributed by atoms with Gasteiger partial charge in [0.25, 0.3) is 5.91 Å². The van der Waals surface area contributed by atoms with Crippen LogP contribution in [0.5, 0.6) is 11.6 Å². The molecule has 2 amide bonds. The third kappa shape index (κ3) is 4.62. The maximum Gasteiger partial charge on any atom is 0.252 e. The normalized spacial score (nSPS) is 18.4. The van der Waals surface area contributed by atoms with Crippen molar-refractivity contribution in [2.24, 2.45) is 11.1 Å². The molecule has 3 rings (SSSR count). The second-order valence-electron chi connectivity index (χ2n) is 8.22. The second kappa shape index (κ2) is 8.57. The van der Waals surface area contributed by atoms with Crippen molar-refractivity contribution in [2.45, 2.75) is 39.7 Å². The summed E-state index contributed by atoms with van der Waals surface area (Å²) < 4.78 is 11.8. The highest BCUT2D eigenvalue weighted by Gasteiger charge is 2.36. The number of benzene rings is 1. The van der Waals surface area contributed by atoms with Crippen molar-refractivity contribution < 1.29 is 19.1 Å². The van der Waals surface area contributed by atoms with E-state index < -0.39 is 5.91 Å². The first-order valence-electron chi connectivity index (χ1n) is 9.89. The van der Waals surface area contributed by atoms with E-state index in [0.29, 0.717) is 36.9 Å². The van der Waals surface area contributed by atoms with Gasteiger partial charge in [-0.15, -0.1) is 0 Å². The average Bonchev–Trinajstić information content (AvgIpc) is 3.08. The third-order valence-corrected chi connectivity index (χ3v) is 5.15. The number of hydrogen-bond donors (Lipinski definition) is 1. The van der Waals surface area contributed by atoms with Gasteiger partial charge in [-0.1, -0.05) is 6.92 Å². The van der Waals surface area contributed by atoms with Gasteiger partial charge in [0.1, 0.15) is 12.2 Å². The molecule has 1 fully saturated rings. The number of primary amides is 1. The van der Waals surface area contributed by atoms with Crippen LogP contribution in [-0.4, -0.2) is 47.5 Å². The van der Waals surface area contributed by atoms with E-state index in [1.807, 2.05) is 19.9 Å². The molecule has 0 saturated carbocycles. The highest BCUT2D eigenvalue weighted by Crippen LogP contribution is 2.34. The van der Waals surface area contributed by atoms with E-state index in [2.05, 4.69) is 11.9 Å². The summed E-state index contributed by atoms with van der Waals surface area (Å²) in [6.45, 7) is 7.30. The van der Waals surface area contributed by atoms with Crippen molar-refractivity contribution in [3.05, 3.63) is 30.0 Å². The zero-order valence-electron chi connectivity index (χ0n) is 17.5. The van der Waals surface area contributed by atoms with Crippen molar-refractivity contribution in [2.75, 3.05) is 19.7 Å². The van der Waals surface area contributed by atoms with Crippen LogP contribution in [0.15, 0.2) is 24.4 Å². The Morgan fingerprint density at radius 1 is 1.40 bits per heavy atom. The SMILES string of the molecule is CC(C)Oc1cc2c(OCC3(C)CCN(C(=O)CC#N)C3)nccc2cc1C(N)=O. The average molecular weight is 410 g/mol. The maximum absolute atomic E-state index is 12.0. The van der Waals surface area contributed by atoms with E-state index in [4.69, 9.17) is 20.5 Å². The number of hydrogen-bond acceptors (Lipinski definition) is 6. The largest absolute Gasteiger partial charge is 0.490 e. The summed E-state index contributed by atoms with van der Waals surface area (Å²) in [4.78, 5) is 29.9. The van der Waals surface area contributed by atoms with Crippen LogP contribution in [0.4, 0.5) is 0 Å². The van der Waals surface area contributed by atoms with Gasteiger partial charge in [0, 0.05) is 30.1 Å². The monoisotopic (exact) mass is 410 g/mol. The topological polar surface area (TPSA) is 119 Å². The molecule has 0 radical (unpaired) electrons. The van der Waals surface area contributed by atoms with Crippen LogP contribution >= 0.6 is 0 Å². The quantitative estimate of drug-likeness (QED) is 0.749. The molecule has 8 nitrogen and oxygen atoms in total. The minimum absolute atomic E-state index is 0.108. The molecule has 1 saturated heterocycles. The molecule has 2 aromatic rings. The fraction of sp³-hybridized carbons (Fsp3) is 0.455. The first-order valence-corrected chi connectivity index (χ1v) is 9.89. The number of ether oxygens (including phenoxy) is 2. The van der Waals surface area contributed by atoms with Gasteiger partial charge in [0.05, 0.1) is 24.3 Å². The molecule has 2 heterocycles. The number of carbonyl (C=O) groups excluding carboxylic acids is 2. The second-order valence-corrected chi connectivity index (χ2v) is 8.22. The Labute approximate surface area is 175 Å². The number of nitriles is 1. The number of nitrogens with two attached hydrogens (primary N) is 1. The Hall–Kier alpha value is -3.34. The summed E-state index contributed by atoms with van der Waals surface area (Å²) in [5.74, 6) is 0.106. The number of aromatic nitrogens is 1. The summed E-state index contributed by atoms with van der Waals surface area (Å²) in [5.41, 5.74) is 5.59. The Morgan fingerprint density at radius 3 is 2.83 bits per heavy atom. The molecule has 1 aliphatic rings. The molecule has 0 aliphatic carbocycles. The van der Waals surface area contributed by atoms with Gasteiger partial charge in [0.2, 0.25) is 11.8 Å². The standard InChI is InChI=1S/C22H26N4O4/c1-14(2)30-18-11-16-15(10-17(18)20(24)28)5-8-25-21(16)29-13-22(3)6-9-26(12-22)19(27)4-7-23/h5,8,10-11,14H,4,6,9,12-13H2,1-3H3,(H2,24,28). The molecule has 1 aromatic heterocycles. The number of nitrogens with zero attached hydrogens (tertiary/aromatic N) is 3. The number of fused-ring (bicyclic) bond motifs is 1. The van der Waals surface area contributed by atoms with E-state index in [-0.39, 0.29) is 23.8 Å². The molecule has 30 heavy (non-hydrogen) atoms. The van der Waals surface area contributed by atoms with Crippen LogP contribution in [0, 0.1) is 16.7 Å². The first kappa shape index (κ1) is 21.4. The van der Waals surface area contributed by atoms with E-state index >= 15 is 0 Å². The van der Waals surface area contributed by atoms with Crippen molar-refractivity contribution in [3.63, 3.8) is 0 Å². The highest BCUT2D eigenvalue weighted by atomic mass is 16.5. The zero-order valence-corrected chi connectivity index (χ0v) is 17.5. The van der Waals surface area contributed by atoms with Crippen molar-refractivity contribution in [1.82, 2.24) is 9.88 Å². The fourth-order valence-corrected chi connectivity index (χ4v) is 3.61. The van der Waals surface area contributed by atoms with Crippen molar-refractivity contribution in [1.29, 1.82) is 5.26 Å². The predicted molar refractivity (Wildman–Crippen MR) is 111 cm³/mol. The van der Waals surface area contributed by atoms with Crippen molar-refractivity contribution >= 4 is 22.6 Å². The van der Waals surface area contributed by atoms with Crippen LogP contribution in [0.1, 0.15) is 44.0 Å². The van der Waals surface area contributed by atoms with Gasteiger partial charge >= 0.3 is 0 Å². The molecular weight excluding hydrogens is 384 g/mol. The van der Waals surface area contributed by atoms with Crippen LogP contribution in [-0.2, 0) is 4.79 Å². The molecule has 1 aromatic carbocycles. The Bertz CT molecular complexity index is 1010. The van der Waals surface area contributed by atoms with Gasteiger partial charge < -0.3 is 20.1 Å². The van der Waals surface area contributed by atoms with Gasteiger partial charge in [-0.05, 0) is 43.9 Å². The summed E-state index contributed by atoms with van der Waals surface area (Å²) in [6.07, 6.45) is 2.16. The first-order chi connectivity index (χ1) is 14.2. The van der Waals surface area contributed by atoms with E-state index in [1.54, 1.807) is 29.3 Å². The summed E-state index contributed by atoms with van der Waals surface area (Å²) in [6, 6.07) is 7.11. The molecule has 0 spiro atoms. The van der Waals surface area contributed by atoms with Gasteiger partial charge in [-0.3, -0.25) is 9.59 Å². The predicted octanol–water partition coefficient (Wildman–Crippen LogP) is 2.65. The van der Waals surface area contributed by atoms with E-state index in [0.717, 1.165) is 17.2 Å². The third-order valence-electron chi connectivity index (χ3n) is 5.15. The number of likely N-dealkylation sites (tertiary alicyclic amines) is 1. The van der Waals surface area contributed by atoms with Gasteiger partial charge in [0.15, 0.2) is 0 Å². The van der Waals surface area contributed by atoms with Crippen LogP contribution < -0.4 is 15.2 Å².